The minimum Gasteiger partial charge on any atom is -0.478 e. The van der Waals surface area contributed by atoms with Gasteiger partial charge in [-0.3, -0.25) is 9.74 Å². The number of carbonyl (C=O) groups is 3. The first-order valence-corrected chi connectivity index (χ1v) is 6.20. The molecule has 1 unspecified atom stereocenters. The molecule has 0 spiro atoms. The predicted octanol–water partition coefficient (Wildman–Crippen LogP) is 1.45. The fourth-order valence-electron chi connectivity index (χ4n) is 1.91. The van der Waals surface area contributed by atoms with Crippen LogP contribution in [0.3, 0.4) is 0 Å². The Morgan fingerprint density at radius 1 is 1.24 bits per heavy atom. The van der Waals surface area contributed by atoms with E-state index in [4.69, 9.17) is 5.11 Å². The normalized spacial score (nSPS) is 11.6. The van der Waals surface area contributed by atoms with Crippen molar-refractivity contribution < 1.29 is 29.0 Å². The van der Waals surface area contributed by atoms with Gasteiger partial charge in [-0.15, -0.1) is 0 Å². The molecule has 0 aromatic heterocycles. The predicted molar refractivity (Wildman–Crippen MR) is 71.1 cm³/mol. The summed E-state index contributed by atoms with van der Waals surface area (Å²) >= 11 is 0. The quantitative estimate of drug-likeness (QED) is 0.859. The van der Waals surface area contributed by atoms with Crippen molar-refractivity contribution in [2.45, 2.75) is 12.8 Å². The third-order valence-electron chi connectivity index (χ3n) is 2.97. The van der Waals surface area contributed by atoms with Crippen molar-refractivity contribution in [1.82, 2.24) is 4.90 Å². The lowest BCUT2D eigenvalue weighted by molar-refractivity contribution is -0.185. The van der Waals surface area contributed by atoms with Crippen molar-refractivity contribution in [3.8, 4) is 0 Å². The monoisotopic (exact) mass is 297 g/mol. The van der Waals surface area contributed by atoms with E-state index in [9.17, 15) is 18.9 Å². The molecular formula is C14H16FNO5. The molecule has 0 aliphatic carbocycles. The van der Waals surface area contributed by atoms with E-state index in [0.29, 0.717) is 5.56 Å². The van der Waals surface area contributed by atoms with Gasteiger partial charge in [0.25, 0.3) is 0 Å². The fraction of sp³-hybridized carbons (Fsp3) is 0.357. The van der Waals surface area contributed by atoms with Gasteiger partial charge in [-0.05, 0) is 24.1 Å². The van der Waals surface area contributed by atoms with Gasteiger partial charge in [0.1, 0.15) is 0 Å². The molecule has 0 aliphatic heterocycles. The number of amides is 1. The van der Waals surface area contributed by atoms with Crippen LogP contribution in [-0.2, 0) is 21.0 Å². The highest BCUT2D eigenvalue weighted by molar-refractivity contribution is 5.87. The molecule has 1 aromatic rings. The van der Waals surface area contributed by atoms with Crippen LogP contribution in [0, 0.1) is 5.92 Å². The lowest BCUT2D eigenvalue weighted by Crippen LogP contribution is -2.32. The summed E-state index contributed by atoms with van der Waals surface area (Å²) in [7, 11) is 3.06. The van der Waals surface area contributed by atoms with E-state index in [1.807, 2.05) is 0 Å². The summed E-state index contributed by atoms with van der Waals surface area (Å²) in [5, 5.41) is 8.81. The Bertz CT molecular complexity index is 527. The molecule has 1 aromatic carbocycles. The van der Waals surface area contributed by atoms with Crippen LogP contribution < -0.4 is 0 Å². The number of halogens is 1. The molecule has 6 nitrogen and oxygen atoms in total. The van der Waals surface area contributed by atoms with Crippen LogP contribution in [0.1, 0.15) is 22.3 Å². The summed E-state index contributed by atoms with van der Waals surface area (Å²) < 4.78 is 11.9. The molecule has 7 heteroatoms. The van der Waals surface area contributed by atoms with Crippen molar-refractivity contribution in [3.63, 3.8) is 0 Å². The Kier molecular flexibility index (Phi) is 5.83. The topological polar surface area (TPSA) is 83.9 Å². The van der Waals surface area contributed by atoms with Crippen LogP contribution in [0.5, 0.6) is 0 Å². The molecule has 1 rings (SSSR count). The van der Waals surface area contributed by atoms with Gasteiger partial charge >= 0.3 is 11.9 Å². The maximum Gasteiger partial charge on any atom is 0.349 e. The zero-order chi connectivity index (χ0) is 16.0. The number of rotatable bonds is 6. The van der Waals surface area contributed by atoms with Crippen LogP contribution in [-0.4, -0.2) is 41.9 Å². The third-order valence-corrected chi connectivity index (χ3v) is 2.97. The lowest BCUT2D eigenvalue weighted by Gasteiger charge is -2.19. The van der Waals surface area contributed by atoms with E-state index in [0.717, 1.165) is 0 Å². The van der Waals surface area contributed by atoms with Crippen molar-refractivity contribution in [2.24, 2.45) is 5.92 Å². The van der Waals surface area contributed by atoms with Gasteiger partial charge in [0.2, 0.25) is 5.91 Å². The number of aromatic carboxylic acids is 1. The number of hydrogen-bond donors (Lipinski definition) is 1. The summed E-state index contributed by atoms with van der Waals surface area (Å²) in [6.07, 6.45) is -0.194. The molecule has 0 saturated heterocycles. The van der Waals surface area contributed by atoms with Gasteiger partial charge in [0, 0.05) is 18.6 Å². The number of carboxylic acids is 1. The number of hydrogen-bond acceptors (Lipinski definition) is 4. The molecule has 21 heavy (non-hydrogen) atoms. The molecule has 0 bridgehead atoms. The molecule has 0 saturated carbocycles. The number of nitrogens with zero attached hydrogens (tertiary/aromatic N) is 1. The van der Waals surface area contributed by atoms with E-state index >= 15 is 0 Å². The van der Waals surface area contributed by atoms with Gasteiger partial charge in [-0.2, -0.15) is 0 Å². The molecule has 1 N–H and O–H groups in total. The summed E-state index contributed by atoms with van der Waals surface area (Å²) in [5.74, 6) is -3.26. The summed E-state index contributed by atoms with van der Waals surface area (Å²) in [6.45, 7) is 0. The minimum absolute atomic E-state index is 0.123. The van der Waals surface area contributed by atoms with E-state index in [1.54, 1.807) is 12.1 Å². The lowest BCUT2D eigenvalue weighted by atomic mass is 9.94. The first-order valence-electron chi connectivity index (χ1n) is 6.20. The molecule has 0 fully saturated rings. The second kappa shape index (κ2) is 7.37. The second-order valence-electron chi connectivity index (χ2n) is 4.79. The molecule has 1 amide bonds. The highest BCUT2D eigenvalue weighted by Gasteiger charge is 2.25. The number of carboxylic acid groups (broad SMARTS) is 1. The Balaban J connectivity index is 2.87. The van der Waals surface area contributed by atoms with Crippen molar-refractivity contribution in [1.29, 1.82) is 0 Å². The number of benzene rings is 1. The summed E-state index contributed by atoms with van der Waals surface area (Å²) in [6, 6.07) is 5.92. The highest BCUT2D eigenvalue weighted by Crippen LogP contribution is 2.16. The number of carbonyl (C=O) groups excluding carboxylic acids is 2. The third kappa shape index (κ3) is 4.87. The molecule has 0 radical (unpaired) electrons. The van der Waals surface area contributed by atoms with E-state index < -0.39 is 17.9 Å². The SMILES string of the molecule is CN(C)C(=O)C(CC(=O)OF)Cc1ccc(C(=O)O)cc1. The van der Waals surface area contributed by atoms with Crippen LogP contribution >= 0.6 is 0 Å². The van der Waals surface area contributed by atoms with E-state index in [2.05, 4.69) is 4.94 Å². The average molecular weight is 297 g/mol. The van der Waals surface area contributed by atoms with E-state index in [-0.39, 0.29) is 24.3 Å². The first kappa shape index (κ1) is 16.6. The first-order chi connectivity index (χ1) is 9.85. The second-order valence-corrected chi connectivity index (χ2v) is 4.79. The molecule has 1 atom stereocenters. The van der Waals surface area contributed by atoms with E-state index in [1.165, 1.54) is 31.1 Å². The van der Waals surface area contributed by atoms with Crippen LogP contribution in [0.25, 0.3) is 0 Å². The molecule has 0 aliphatic rings. The van der Waals surface area contributed by atoms with Crippen molar-refractivity contribution in [3.05, 3.63) is 35.4 Å². The molecule has 0 heterocycles. The minimum atomic E-state index is -1.11. The zero-order valence-electron chi connectivity index (χ0n) is 11.7. The molecular weight excluding hydrogens is 281 g/mol. The Hall–Kier alpha value is -2.44. The van der Waals surface area contributed by atoms with Crippen LogP contribution in [0.4, 0.5) is 4.53 Å². The Labute approximate surface area is 121 Å². The highest BCUT2D eigenvalue weighted by atomic mass is 19.3. The van der Waals surface area contributed by atoms with Gasteiger partial charge in [-0.25, -0.2) is 9.59 Å². The maximum atomic E-state index is 12.0. The average Bonchev–Trinajstić information content (AvgIpc) is 2.45. The summed E-state index contributed by atoms with van der Waals surface area (Å²) in [4.78, 5) is 38.2. The van der Waals surface area contributed by atoms with Gasteiger partial charge in [-0.1, -0.05) is 12.1 Å². The summed E-state index contributed by atoms with van der Waals surface area (Å²) in [5.41, 5.74) is 0.796. The maximum absolute atomic E-state index is 12.0. The van der Waals surface area contributed by atoms with Crippen molar-refractivity contribution >= 4 is 17.8 Å². The Morgan fingerprint density at radius 2 is 1.81 bits per heavy atom. The van der Waals surface area contributed by atoms with Gasteiger partial charge in [0.15, 0.2) is 0 Å². The molecule has 114 valence electrons. The standard InChI is InChI=1S/C14H16FNO5/c1-16(2)13(18)11(8-12(17)21-15)7-9-3-5-10(6-4-9)14(19)20/h3-6,11H,7-8H2,1-2H3,(H,19,20). The smallest absolute Gasteiger partial charge is 0.349 e. The van der Waals surface area contributed by atoms with Gasteiger partial charge in [0.05, 0.1) is 17.9 Å². The fourth-order valence-corrected chi connectivity index (χ4v) is 1.91. The van der Waals surface area contributed by atoms with Crippen molar-refractivity contribution in [2.75, 3.05) is 14.1 Å². The largest absolute Gasteiger partial charge is 0.478 e. The van der Waals surface area contributed by atoms with Crippen LogP contribution in [0.2, 0.25) is 0 Å². The Morgan fingerprint density at radius 3 is 2.24 bits per heavy atom. The van der Waals surface area contributed by atoms with Crippen LogP contribution in [0.15, 0.2) is 24.3 Å². The van der Waals surface area contributed by atoms with Gasteiger partial charge < -0.3 is 10.0 Å². The zero-order valence-corrected chi connectivity index (χ0v) is 11.7.